The Morgan fingerprint density at radius 3 is 2.45 bits per heavy atom. The average Bonchev–Trinajstić information content (AvgIpc) is 2.66. The van der Waals surface area contributed by atoms with E-state index in [0.29, 0.717) is 22.7 Å². The highest BCUT2D eigenvalue weighted by Gasteiger charge is 2.35. The van der Waals surface area contributed by atoms with E-state index in [1.54, 1.807) is 48.5 Å². The van der Waals surface area contributed by atoms with Gasteiger partial charge in [-0.25, -0.2) is 8.42 Å². The number of nitrogens with zero attached hydrogens (tertiary/aromatic N) is 1. The zero-order valence-corrected chi connectivity index (χ0v) is 17.2. The second kappa shape index (κ2) is 8.12. The molecule has 0 aromatic heterocycles. The highest BCUT2D eigenvalue weighted by molar-refractivity contribution is 7.92. The number of para-hydroxylation sites is 3. The van der Waals surface area contributed by atoms with Crippen LogP contribution in [0.25, 0.3) is 0 Å². The van der Waals surface area contributed by atoms with Crippen molar-refractivity contribution in [2.24, 2.45) is 0 Å². The van der Waals surface area contributed by atoms with Gasteiger partial charge in [-0.05, 0) is 38.1 Å². The summed E-state index contributed by atoms with van der Waals surface area (Å²) >= 11 is 0. The highest BCUT2D eigenvalue weighted by Crippen LogP contribution is 2.34. The number of fused-ring (bicyclic) bond motifs is 1. The Kier molecular flexibility index (Phi) is 5.78. The van der Waals surface area contributed by atoms with E-state index in [0.717, 1.165) is 10.6 Å². The van der Waals surface area contributed by atoms with Crippen LogP contribution < -0.4 is 19.7 Å². The van der Waals surface area contributed by atoms with Gasteiger partial charge in [0.05, 0.1) is 29.7 Å². The molecule has 8 nitrogen and oxygen atoms in total. The summed E-state index contributed by atoms with van der Waals surface area (Å²) in [5.41, 5.74) is 1.02. The second-order valence-electron chi connectivity index (χ2n) is 7.03. The van der Waals surface area contributed by atoms with Crippen molar-refractivity contribution in [1.82, 2.24) is 5.32 Å². The molecule has 0 saturated carbocycles. The van der Waals surface area contributed by atoms with E-state index in [1.807, 2.05) is 13.8 Å². The molecule has 2 amide bonds. The molecule has 9 heteroatoms. The predicted molar refractivity (Wildman–Crippen MR) is 111 cm³/mol. The molecule has 0 spiro atoms. The maximum Gasteiger partial charge on any atom is 0.267 e. The smallest absolute Gasteiger partial charge is 0.267 e. The molecule has 3 rings (SSSR count). The molecule has 1 heterocycles. The molecule has 0 radical (unpaired) electrons. The fourth-order valence-corrected chi connectivity index (χ4v) is 3.91. The summed E-state index contributed by atoms with van der Waals surface area (Å²) in [7, 11) is -3.60. The summed E-state index contributed by atoms with van der Waals surface area (Å²) in [6.45, 7) is 3.51. The average molecular weight is 417 g/mol. The molecule has 0 bridgehead atoms. The quantitative estimate of drug-likeness (QED) is 0.774. The van der Waals surface area contributed by atoms with Crippen LogP contribution in [0.5, 0.6) is 5.75 Å². The Balaban J connectivity index is 1.85. The van der Waals surface area contributed by atoms with Crippen LogP contribution in [0.4, 0.5) is 11.4 Å². The Morgan fingerprint density at radius 2 is 1.76 bits per heavy atom. The maximum absolute atomic E-state index is 12.9. The molecular formula is C20H23N3O5S. The molecule has 1 aliphatic heterocycles. The number of sulfonamides is 1. The van der Waals surface area contributed by atoms with Gasteiger partial charge >= 0.3 is 0 Å². The number of carbonyl (C=O) groups excluding carboxylic acids is 2. The third-order valence-corrected chi connectivity index (χ3v) is 5.42. The number of hydrogen-bond acceptors (Lipinski definition) is 5. The van der Waals surface area contributed by atoms with Gasteiger partial charge in [0.15, 0.2) is 6.10 Å². The normalized spacial score (nSPS) is 16.0. The van der Waals surface area contributed by atoms with Gasteiger partial charge in [0.25, 0.3) is 11.8 Å². The van der Waals surface area contributed by atoms with Crippen LogP contribution in [0.1, 0.15) is 24.2 Å². The molecule has 29 heavy (non-hydrogen) atoms. The standard InChI is InChI=1S/C20H23N3O5S/c1-13(2)21-19(24)14-8-4-5-9-15(14)22-20(25)18-12-23(29(3,26)27)16-10-6-7-11-17(16)28-18/h4-11,13,18H,12H2,1-3H3,(H,21,24)(H,22,25). The monoisotopic (exact) mass is 417 g/mol. The minimum atomic E-state index is -3.60. The zero-order valence-electron chi connectivity index (χ0n) is 16.4. The molecule has 1 atom stereocenters. The number of benzene rings is 2. The van der Waals surface area contributed by atoms with E-state index < -0.39 is 22.0 Å². The first-order valence-corrected chi connectivity index (χ1v) is 11.0. The van der Waals surface area contributed by atoms with Gasteiger partial charge in [-0.1, -0.05) is 24.3 Å². The van der Waals surface area contributed by atoms with E-state index in [4.69, 9.17) is 4.74 Å². The van der Waals surface area contributed by atoms with Crippen LogP contribution in [0, 0.1) is 0 Å². The van der Waals surface area contributed by atoms with Crippen LogP contribution in [0.2, 0.25) is 0 Å². The number of amides is 2. The molecule has 2 aromatic carbocycles. The number of ether oxygens (including phenoxy) is 1. The van der Waals surface area contributed by atoms with Gasteiger partial charge in [0.1, 0.15) is 5.75 Å². The van der Waals surface area contributed by atoms with Gasteiger partial charge < -0.3 is 15.4 Å². The Labute approximate surface area is 169 Å². The zero-order chi connectivity index (χ0) is 21.2. The third kappa shape index (κ3) is 4.68. The van der Waals surface area contributed by atoms with Crippen LogP contribution in [0.3, 0.4) is 0 Å². The van der Waals surface area contributed by atoms with Crippen molar-refractivity contribution in [3.63, 3.8) is 0 Å². The van der Waals surface area contributed by atoms with E-state index in [2.05, 4.69) is 10.6 Å². The Hall–Kier alpha value is -3.07. The molecule has 2 aromatic rings. The Morgan fingerprint density at radius 1 is 1.10 bits per heavy atom. The lowest BCUT2D eigenvalue weighted by Crippen LogP contribution is -2.48. The van der Waals surface area contributed by atoms with Crippen molar-refractivity contribution in [2.75, 3.05) is 22.4 Å². The van der Waals surface area contributed by atoms with Gasteiger partial charge in [-0.3, -0.25) is 13.9 Å². The molecule has 1 unspecified atom stereocenters. The second-order valence-corrected chi connectivity index (χ2v) is 8.94. The summed E-state index contributed by atoms with van der Waals surface area (Å²) < 4.78 is 31.3. The molecule has 154 valence electrons. The minimum Gasteiger partial charge on any atom is -0.476 e. The molecular weight excluding hydrogens is 394 g/mol. The van der Waals surface area contributed by atoms with E-state index in [1.165, 1.54) is 0 Å². The predicted octanol–water partition coefficient (Wildman–Crippen LogP) is 1.99. The number of rotatable bonds is 5. The molecule has 0 saturated heterocycles. The SMILES string of the molecule is CC(C)NC(=O)c1ccccc1NC(=O)C1CN(S(C)(=O)=O)c2ccccc2O1. The largest absolute Gasteiger partial charge is 0.476 e. The van der Waals surface area contributed by atoms with E-state index in [9.17, 15) is 18.0 Å². The minimum absolute atomic E-state index is 0.0623. The lowest BCUT2D eigenvalue weighted by Gasteiger charge is -2.33. The van der Waals surface area contributed by atoms with Crippen LogP contribution in [0.15, 0.2) is 48.5 Å². The van der Waals surface area contributed by atoms with Crippen molar-refractivity contribution < 1.29 is 22.7 Å². The van der Waals surface area contributed by atoms with Crippen LogP contribution in [-0.4, -0.2) is 45.2 Å². The molecule has 1 aliphatic rings. The van der Waals surface area contributed by atoms with Crippen molar-refractivity contribution in [3.8, 4) is 5.75 Å². The molecule has 2 N–H and O–H groups in total. The van der Waals surface area contributed by atoms with E-state index in [-0.39, 0.29) is 18.5 Å². The van der Waals surface area contributed by atoms with Gasteiger partial charge in [0, 0.05) is 6.04 Å². The lowest BCUT2D eigenvalue weighted by atomic mass is 10.1. The van der Waals surface area contributed by atoms with Crippen molar-refractivity contribution >= 4 is 33.2 Å². The topological polar surface area (TPSA) is 105 Å². The highest BCUT2D eigenvalue weighted by atomic mass is 32.2. The third-order valence-electron chi connectivity index (χ3n) is 4.28. The first-order valence-electron chi connectivity index (χ1n) is 9.11. The maximum atomic E-state index is 12.9. The molecule has 0 fully saturated rings. The summed E-state index contributed by atoms with van der Waals surface area (Å²) in [6.07, 6.45) is 0.0103. The summed E-state index contributed by atoms with van der Waals surface area (Å²) in [5, 5.41) is 5.47. The summed E-state index contributed by atoms with van der Waals surface area (Å²) in [6, 6.07) is 13.2. The van der Waals surface area contributed by atoms with Crippen molar-refractivity contribution in [1.29, 1.82) is 0 Å². The summed E-state index contributed by atoms with van der Waals surface area (Å²) in [4.78, 5) is 25.3. The number of hydrogen-bond donors (Lipinski definition) is 2. The number of carbonyl (C=O) groups is 2. The van der Waals surface area contributed by atoms with Gasteiger partial charge in [-0.2, -0.15) is 0 Å². The first kappa shape index (κ1) is 20.7. The van der Waals surface area contributed by atoms with Crippen molar-refractivity contribution in [3.05, 3.63) is 54.1 Å². The number of anilines is 2. The summed E-state index contributed by atoms with van der Waals surface area (Å²) in [5.74, 6) is -0.559. The number of nitrogens with one attached hydrogen (secondary N) is 2. The first-order chi connectivity index (χ1) is 13.7. The Bertz CT molecular complexity index is 1040. The lowest BCUT2D eigenvalue weighted by molar-refractivity contribution is -0.122. The van der Waals surface area contributed by atoms with Gasteiger partial charge in [-0.15, -0.1) is 0 Å². The van der Waals surface area contributed by atoms with Crippen LogP contribution >= 0.6 is 0 Å². The van der Waals surface area contributed by atoms with Gasteiger partial charge in [0.2, 0.25) is 10.0 Å². The van der Waals surface area contributed by atoms with E-state index >= 15 is 0 Å². The fraction of sp³-hybridized carbons (Fsp3) is 0.300. The van der Waals surface area contributed by atoms with Crippen molar-refractivity contribution in [2.45, 2.75) is 26.0 Å². The molecule has 0 aliphatic carbocycles. The fourth-order valence-electron chi connectivity index (χ4n) is 3.00. The van der Waals surface area contributed by atoms with Crippen LogP contribution in [-0.2, 0) is 14.8 Å².